The number of ether oxygens (including phenoxy) is 1. The third-order valence-corrected chi connectivity index (χ3v) is 4.40. The minimum absolute atomic E-state index is 0.167. The van der Waals surface area contributed by atoms with Gasteiger partial charge in [0.15, 0.2) is 6.10 Å². The maximum absolute atomic E-state index is 12.1. The first-order valence-corrected chi connectivity index (χ1v) is 8.69. The molecule has 0 aliphatic rings. The Hall–Kier alpha value is -2.85. The smallest absolute Gasteiger partial charge is 0.261 e. The van der Waals surface area contributed by atoms with E-state index >= 15 is 0 Å². The molecule has 2 aromatic carbocycles. The average Bonchev–Trinajstić information content (AvgIpc) is 2.63. The lowest BCUT2D eigenvalue weighted by atomic mass is 10.2. The highest BCUT2D eigenvalue weighted by Crippen LogP contribution is 2.19. The maximum Gasteiger partial charge on any atom is 0.261 e. The number of hydrogen-bond donors (Lipinski definition) is 2. The predicted molar refractivity (Wildman–Crippen MR) is 102 cm³/mol. The first-order valence-electron chi connectivity index (χ1n) is 7.89. The Bertz CT molecular complexity index is 861. The summed E-state index contributed by atoms with van der Waals surface area (Å²) in [5, 5.41) is 14.1. The van der Waals surface area contributed by atoms with Gasteiger partial charge < -0.3 is 15.4 Å². The molecule has 1 unspecified atom stereocenters. The predicted octanol–water partition coefficient (Wildman–Crippen LogP) is 3.15. The summed E-state index contributed by atoms with van der Waals surface area (Å²) >= 11 is 3.40. The minimum Gasteiger partial charge on any atom is -0.481 e. The van der Waals surface area contributed by atoms with E-state index < -0.39 is 12.0 Å². The van der Waals surface area contributed by atoms with E-state index in [1.807, 2.05) is 25.1 Å². The fourth-order valence-electron chi connectivity index (χ4n) is 2.14. The summed E-state index contributed by atoms with van der Waals surface area (Å²) in [6.45, 7) is 3.33. The highest BCUT2D eigenvalue weighted by atomic mass is 79.9. The van der Waals surface area contributed by atoms with Gasteiger partial charge in [-0.05, 0) is 55.8 Å². The van der Waals surface area contributed by atoms with Crippen LogP contribution >= 0.6 is 15.9 Å². The van der Waals surface area contributed by atoms with E-state index in [2.05, 4.69) is 26.6 Å². The van der Waals surface area contributed by atoms with Crippen LogP contribution in [0.2, 0.25) is 0 Å². The van der Waals surface area contributed by atoms with Crippen LogP contribution in [0.1, 0.15) is 18.1 Å². The van der Waals surface area contributed by atoms with Gasteiger partial charge in [0.2, 0.25) is 5.91 Å². The summed E-state index contributed by atoms with van der Waals surface area (Å²) < 4.78 is 6.45. The van der Waals surface area contributed by atoms with Crippen LogP contribution < -0.4 is 15.4 Å². The molecule has 1 atom stereocenters. The third-order valence-electron chi connectivity index (χ3n) is 3.51. The van der Waals surface area contributed by atoms with Crippen molar-refractivity contribution in [1.29, 1.82) is 5.26 Å². The number of benzene rings is 2. The van der Waals surface area contributed by atoms with Crippen molar-refractivity contribution in [2.45, 2.75) is 20.0 Å². The number of aryl methyl sites for hydroxylation is 1. The summed E-state index contributed by atoms with van der Waals surface area (Å²) in [6, 6.07) is 14.0. The molecule has 0 aliphatic heterocycles. The fraction of sp³-hybridized carbons (Fsp3) is 0.211. The molecule has 0 bridgehead atoms. The van der Waals surface area contributed by atoms with Gasteiger partial charge >= 0.3 is 0 Å². The van der Waals surface area contributed by atoms with Crippen LogP contribution in [0.25, 0.3) is 0 Å². The van der Waals surface area contributed by atoms with Crippen molar-refractivity contribution >= 4 is 33.4 Å². The van der Waals surface area contributed by atoms with Gasteiger partial charge in [-0.3, -0.25) is 9.59 Å². The molecule has 0 radical (unpaired) electrons. The lowest BCUT2D eigenvalue weighted by molar-refractivity contribution is -0.129. The standard InChI is InChI=1S/C19H18BrN3O3/c1-12-8-15(6-7-17(12)20)23-18(24)11-22-19(25)13(2)26-16-5-3-4-14(9-16)10-21/h3-9,13H,11H2,1-2H3,(H,22,25)(H,23,24). The van der Waals surface area contributed by atoms with E-state index in [1.165, 1.54) is 0 Å². The molecule has 2 rings (SSSR count). The highest BCUT2D eigenvalue weighted by Gasteiger charge is 2.16. The topological polar surface area (TPSA) is 91.2 Å². The van der Waals surface area contributed by atoms with E-state index in [0.29, 0.717) is 17.0 Å². The van der Waals surface area contributed by atoms with Gasteiger partial charge in [-0.1, -0.05) is 22.0 Å². The lowest BCUT2D eigenvalue weighted by Gasteiger charge is -2.15. The molecule has 0 spiro atoms. The Balaban J connectivity index is 1.83. The largest absolute Gasteiger partial charge is 0.481 e. The van der Waals surface area contributed by atoms with Crippen LogP contribution in [0.4, 0.5) is 5.69 Å². The number of halogens is 1. The Labute approximate surface area is 160 Å². The number of nitriles is 1. The van der Waals surface area contributed by atoms with Crippen LogP contribution in [-0.2, 0) is 9.59 Å². The summed E-state index contributed by atoms with van der Waals surface area (Å²) in [4.78, 5) is 24.0. The number of amides is 2. The SMILES string of the molecule is Cc1cc(NC(=O)CNC(=O)C(C)Oc2cccc(C#N)c2)ccc1Br. The number of hydrogen-bond acceptors (Lipinski definition) is 4. The Morgan fingerprint density at radius 3 is 2.73 bits per heavy atom. The number of rotatable bonds is 6. The molecular weight excluding hydrogens is 398 g/mol. The van der Waals surface area contributed by atoms with Crippen molar-refractivity contribution < 1.29 is 14.3 Å². The average molecular weight is 416 g/mol. The van der Waals surface area contributed by atoms with Crippen molar-refractivity contribution in [2.24, 2.45) is 0 Å². The van der Waals surface area contributed by atoms with Crippen molar-refractivity contribution in [3.8, 4) is 11.8 Å². The Kier molecular flexibility index (Phi) is 6.75. The van der Waals surface area contributed by atoms with Gasteiger partial charge in [0.1, 0.15) is 5.75 Å². The molecule has 0 aliphatic carbocycles. The monoisotopic (exact) mass is 415 g/mol. The van der Waals surface area contributed by atoms with E-state index in [4.69, 9.17) is 10.00 Å². The molecule has 0 heterocycles. The molecule has 0 fully saturated rings. The summed E-state index contributed by atoms with van der Waals surface area (Å²) in [5.41, 5.74) is 2.09. The van der Waals surface area contributed by atoms with Crippen molar-refractivity contribution in [3.63, 3.8) is 0 Å². The first-order chi connectivity index (χ1) is 12.4. The van der Waals surface area contributed by atoms with Gasteiger partial charge in [-0.15, -0.1) is 0 Å². The zero-order valence-corrected chi connectivity index (χ0v) is 16.0. The van der Waals surface area contributed by atoms with E-state index in [-0.39, 0.29) is 12.5 Å². The molecule has 26 heavy (non-hydrogen) atoms. The quantitative estimate of drug-likeness (QED) is 0.757. The van der Waals surface area contributed by atoms with Crippen LogP contribution in [0.3, 0.4) is 0 Å². The van der Waals surface area contributed by atoms with Crippen LogP contribution in [0.15, 0.2) is 46.9 Å². The van der Waals surface area contributed by atoms with E-state index in [9.17, 15) is 9.59 Å². The Morgan fingerprint density at radius 1 is 1.27 bits per heavy atom. The van der Waals surface area contributed by atoms with Gasteiger partial charge in [0, 0.05) is 10.2 Å². The summed E-state index contributed by atoms with van der Waals surface area (Å²) in [7, 11) is 0. The maximum atomic E-state index is 12.1. The number of nitrogens with one attached hydrogen (secondary N) is 2. The van der Waals surface area contributed by atoms with Crippen LogP contribution in [0.5, 0.6) is 5.75 Å². The summed E-state index contributed by atoms with van der Waals surface area (Å²) in [6.07, 6.45) is -0.799. The minimum atomic E-state index is -0.799. The second-order valence-corrected chi connectivity index (χ2v) is 6.48. The molecule has 134 valence electrons. The molecular formula is C19H18BrN3O3. The summed E-state index contributed by atoms with van der Waals surface area (Å²) in [5.74, 6) is -0.338. The van der Waals surface area contributed by atoms with Gasteiger partial charge in [0.05, 0.1) is 18.2 Å². The molecule has 0 saturated carbocycles. The Morgan fingerprint density at radius 2 is 2.04 bits per heavy atom. The number of anilines is 1. The van der Waals surface area contributed by atoms with Gasteiger partial charge in [0.25, 0.3) is 5.91 Å². The van der Waals surface area contributed by atoms with Gasteiger partial charge in [-0.25, -0.2) is 0 Å². The molecule has 2 amide bonds. The zero-order valence-electron chi connectivity index (χ0n) is 14.4. The highest BCUT2D eigenvalue weighted by molar-refractivity contribution is 9.10. The van der Waals surface area contributed by atoms with Gasteiger partial charge in [-0.2, -0.15) is 5.26 Å². The van der Waals surface area contributed by atoms with Crippen molar-refractivity contribution in [1.82, 2.24) is 5.32 Å². The lowest BCUT2D eigenvalue weighted by Crippen LogP contribution is -2.40. The van der Waals surface area contributed by atoms with Crippen LogP contribution in [0, 0.1) is 18.3 Å². The molecule has 2 aromatic rings. The zero-order chi connectivity index (χ0) is 19.1. The second-order valence-electron chi connectivity index (χ2n) is 5.63. The first kappa shape index (κ1) is 19.5. The van der Waals surface area contributed by atoms with E-state index in [1.54, 1.807) is 37.3 Å². The van der Waals surface area contributed by atoms with Crippen LogP contribution in [-0.4, -0.2) is 24.5 Å². The number of carbonyl (C=O) groups excluding carboxylic acids is 2. The second kappa shape index (κ2) is 9.02. The number of nitrogens with zero attached hydrogens (tertiary/aromatic N) is 1. The fourth-order valence-corrected chi connectivity index (χ4v) is 2.38. The normalized spacial score (nSPS) is 11.2. The number of carbonyl (C=O) groups is 2. The van der Waals surface area contributed by atoms with Crippen molar-refractivity contribution in [3.05, 3.63) is 58.1 Å². The molecule has 0 aromatic heterocycles. The molecule has 7 heteroatoms. The van der Waals surface area contributed by atoms with E-state index in [0.717, 1.165) is 10.0 Å². The molecule has 6 nitrogen and oxygen atoms in total. The molecule has 2 N–H and O–H groups in total. The molecule has 0 saturated heterocycles. The third kappa shape index (κ3) is 5.60. The van der Waals surface area contributed by atoms with Crippen molar-refractivity contribution in [2.75, 3.05) is 11.9 Å².